The first-order valence-electron chi connectivity index (χ1n) is 10.1. The van der Waals surface area contributed by atoms with Gasteiger partial charge in [-0.25, -0.2) is 0 Å². The number of rotatable bonds is 7. The van der Waals surface area contributed by atoms with Gasteiger partial charge >= 0.3 is 0 Å². The third-order valence-electron chi connectivity index (χ3n) is 6.77. The van der Waals surface area contributed by atoms with Crippen LogP contribution in [0.4, 0.5) is 0 Å². The maximum atomic E-state index is 12.5. The number of benzene rings is 1. The molecule has 4 aliphatic rings. The van der Waals surface area contributed by atoms with E-state index in [9.17, 15) is 9.59 Å². The maximum absolute atomic E-state index is 12.5. The summed E-state index contributed by atoms with van der Waals surface area (Å²) in [4.78, 5) is 24.5. The highest BCUT2D eigenvalue weighted by molar-refractivity contribution is 5.88. The number of amides is 1. The molecule has 0 aromatic heterocycles. The lowest BCUT2D eigenvalue weighted by atomic mass is 9.53. The average Bonchev–Trinajstić information content (AvgIpc) is 2.59. The Bertz CT molecular complexity index is 635. The Kier molecular flexibility index (Phi) is 4.87. The van der Waals surface area contributed by atoms with E-state index in [1.807, 2.05) is 30.3 Å². The molecular weight excluding hydrogens is 324 g/mol. The van der Waals surface area contributed by atoms with E-state index in [-0.39, 0.29) is 17.2 Å². The van der Waals surface area contributed by atoms with Crippen molar-refractivity contribution in [2.24, 2.45) is 17.8 Å². The number of hydrogen-bond acceptors (Lipinski definition) is 3. The molecule has 4 fully saturated rings. The van der Waals surface area contributed by atoms with Crippen LogP contribution in [0.15, 0.2) is 30.3 Å². The predicted molar refractivity (Wildman–Crippen MR) is 102 cm³/mol. The largest absolute Gasteiger partial charge is 0.345 e. The molecule has 4 heteroatoms. The van der Waals surface area contributed by atoms with E-state index in [1.54, 1.807) is 6.92 Å². The minimum absolute atomic E-state index is 0.0111. The van der Waals surface area contributed by atoms with Crippen LogP contribution in [-0.2, 0) is 16.0 Å². The van der Waals surface area contributed by atoms with Crippen molar-refractivity contribution in [3.05, 3.63) is 35.9 Å². The summed E-state index contributed by atoms with van der Waals surface area (Å²) >= 11 is 0. The monoisotopic (exact) mass is 354 g/mol. The zero-order valence-electron chi connectivity index (χ0n) is 15.7. The van der Waals surface area contributed by atoms with Crippen molar-refractivity contribution in [3.8, 4) is 0 Å². The second-order valence-electron chi connectivity index (χ2n) is 8.97. The molecule has 1 amide bonds. The molecule has 4 bridgehead atoms. The fourth-order valence-electron chi connectivity index (χ4n) is 5.99. The molecule has 2 N–H and O–H groups in total. The Labute approximate surface area is 156 Å². The van der Waals surface area contributed by atoms with Crippen molar-refractivity contribution in [1.29, 1.82) is 0 Å². The number of carbonyl (C=O) groups is 2. The Balaban J connectivity index is 1.32. The molecule has 0 spiro atoms. The fourth-order valence-corrected chi connectivity index (χ4v) is 5.99. The number of carbonyl (C=O) groups excluding carboxylic acids is 2. The van der Waals surface area contributed by atoms with Gasteiger partial charge in [0.15, 0.2) is 5.78 Å². The lowest BCUT2D eigenvalue weighted by molar-refractivity contribution is -0.127. The van der Waals surface area contributed by atoms with Gasteiger partial charge in [-0.15, -0.1) is 0 Å². The van der Waals surface area contributed by atoms with Crippen molar-refractivity contribution in [2.75, 3.05) is 6.54 Å². The standard InChI is InChI=1S/C22H30N2O2/c1-15(25)20(10-16-5-3-2-4-6-16)24-21(26)14-23-22-11-17-7-18(12-22)9-19(8-17)13-22/h2-6,17-20,23H,7-14H2,1H3,(H,24,26)/t17?,18?,19?,20-,22?/m0/s1. The normalized spacial score (nSPS) is 33.0. The molecule has 0 aliphatic heterocycles. The molecule has 0 saturated heterocycles. The molecule has 4 saturated carbocycles. The van der Waals surface area contributed by atoms with Gasteiger partial charge in [0.25, 0.3) is 0 Å². The van der Waals surface area contributed by atoms with Crippen LogP contribution in [-0.4, -0.2) is 29.8 Å². The third kappa shape index (κ3) is 3.85. The van der Waals surface area contributed by atoms with Gasteiger partial charge in [-0.05, 0) is 75.2 Å². The van der Waals surface area contributed by atoms with Crippen LogP contribution in [0.3, 0.4) is 0 Å². The Morgan fingerprint density at radius 2 is 1.62 bits per heavy atom. The van der Waals surface area contributed by atoms with E-state index in [4.69, 9.17) is 0 Å². The number of nitrogens with one attached hydrogen (secondary N) is 2. The first-order valence-corrected chi connectivity index (χ1v) is 10.1. The summed E-state index contributed by atoms with van der Waals surface area (Å²) in [6.45, 7) is 1.88. The highest BCUT2D eigenvalue weighted by atomic mass is 16.2. The average molecular weight is 354 g/mol. The first kappa shape index (κ1) is 17.7. The molecule has 0 heterocycles. The van der Waals surface area contributed by atoms with Gasteiger partial charge in [0.05, 0.1) is 12.6 Å². The fraction of sp³-hybridized carbons (Fsp3) is 0.636. The summed E-state index contributed by atoms with van der Waals surface area (Å²) < 4.78 is 0. The molecule has 5 rings (SSSR count). The highest BCUT2D eigenvalue weighted by Crippen LogP contribution is 2.55. The number of Topliss-reactive ketones (excluding diaryl/α,β-unsaturated/α-hetero) is 1. The van der Waals surface area contributed by atoms with E-state index >= 15 is 0 Å². The summed E-state index contributed by atoms with van der Waals surface area (Å²) in [6.07, 6.45) is 8.44. The minimum Gasteiger partial charge on any atom is -0.345 e. The predicted octanol–water partition coefficient (Wildman–Crippen LogP) is 2.86. The molecule has 140 valence electrons. The van der Waals surface area contributed by atoms with E-state index in [0.717, 1.165) is 23.3 Å². The van der Waals surface area contributed by atoms with Crippen molar-refractivity contribution in [3.63, 3.8) is 0 Å². The number of ketones is 1. The Morgan fingerprint density at radius 3 is 2.15 bits per heavy atom. The van der Waals surface area contributed by atoms with Crippen molar-refractivity contribution in [2.45, 2.75) is 63.5 Å². The summed E-state index contributed by atoms with van der Waals surface area (Å²) in [7, 11) is 0. The smallest absolute Gasteiger partial charge is 0.234 e. The van der Waals surface area contributed by atoms with Gasteiger partial charge in [0.1, 0.15) is 0 Å². The van der Waals surface area contributed by atoms with Gasteiger partial charge in [-0.3, -0.25) is 9.59 Å². The van der Waals surface area contributed by atoms with Crippen LogP contribution in [0.1, 0.15) is 51.0 Å². The third-order valence-corrected chi connectivity index (χ3v) is 6.77. The summed E-state index contributed by atoms with van der Waals surface area (Å²) in [5.74, 6) is 2.54. The van der Waals surface area contributed by atoms with Gasteiger partial charge < -0.3 is 10.6 Å². The van der Waals surface area contributed by atoms with E-state index in [1.165, 1.54) is 38.5 Å². The Morgan fingerprint density at radius 1 is 1.04 bits per heavy atom. The van der Waals surface area contributed by atoms with Crippen molar-refractivity contribution >= 4 is 11.7 Å². The van der Waals surface area contributed by atoms with Crippen molar-refractivity contribution in [1.82, 2.24) is 10.6 Å². The zero-order valence-corrected chi connectivity index (χ0v) is 15.7. The molecule has 0 unspecified atom stereocenters. The van der Waals surface area contributed by atoms with E-state index in [2.05, 4.69) is 10.6 Å². The lowest BCUT2D eigenvalue weighted by Crippen LogP contribution is -2.60. The second kappa shape index (κ2) is 7.15. The SMILES string of the molecule is CC(=O)[C@H](Cc1ccccc1)NC(=O)CNC12CC3CC(CC(C3)C1)C2. The van der Waals surface area contributed by atoms with Gasteiger partial charge in [-0.1, -0.05) is 30.3 Å². The van der Waals surface area contributed by atoms with Crippen LogP contribution in [0.5, 0.6) is 0 Å². The van der Waals surface area contributed by atoms with Crippen LogP contribution in [0.2, 0.25) is 0 Å². The zero-order chi connectivity index (χ0) is 18.1. The quantitative estimate of drug-likeness (QED) is 0.792. The first-order chi connectivity index (χ1) is 12.5. The van der Waals surface area contributed by atoms with E-state index < -0.39 is 6.04 Å². The summed E-state index contributed by atoms with van der Waals surface area (Å²) in [6, 6.07) is 9.43. The van der Waals surface area contributed by atoms with Gasteiger partial charge in [-0.2, -0.15) is 0 Å². The maximum Gasteiger partial charge on any atom is 0.234 e. The molecule has 1 atom stereocenters. The Hall–Kier alpha value is -1.68. The molecule has 26 heavy (non-hydrogen) atoms. The molecular formula is C22H30N2O2. The molecule has 4 aliphatic carbocycles. The van der Waals surface area contributed by atoms with Gasteiger partial charge in [0.2, 0.25) is 5.91 Å². The van der Waals surface area contributed by atoms with Crippen molar-refractivity contribution < 1.29 is 9.59 Å². The van der Waals surface area contributed by atoms with Crippen LogP contribution in [0.25, 0.3) is 0 Å². The van der Waals surface area contributed by atoms with Crippen LogP contribution in [0, 0.1) is 17.8 Å². The summed E-state index contributed by atoms with van der Waals surface area (Å²) in [5, 5.41) is 6.56. The number of hydrogen-bond donors (Lipinski definition) is 2. The lowest BCUT2D eigenvalue weighted by Gasteiger charge is -2.57. The highest BCUT2D eigenvalue weighted by Gasteiger charge is 2.50. The van der Waals surface area contributed by atoms with Crippen LogP contribution < -0.4 is 10.6 Å². The molecule has 1 aromatic rings. The minimum atomic E-state index is -0.442. The molecule has 0 radical (unpaired) electrons. The topological polar surface area (TPSA) is 58.2 Å². The molecule has 1 aromatic carbocycles. The van der Waals surface area contributed by atoms with Crippen LogP contribution >= 0.6 is 0 Å². The second-order valence-corrected chi connectivity index (χ2v) is 8.97. The summed E-state index contributed by atoms with van der Waals surface area (Å²) in [5.41, 5.74) is 1.25. The van der Waals surface area contributed by atoms with E-state index in [0.29, 0.717) is 13.0 Å². The molecule has 4 nitrogen and oxygen atoms in total. The van der Waals surface area contributed by atoms with Gasteiger partial charge in [0, 0.05) is 5.54 Å².